The first-order chi connectivity index (χ1) is 14.1. The van der Waals surface area contributed by atoms with Gasteiger partial charge in [0.15, 0.2) is 14.1 Å². The van der Waals surface area contributed by atoms with Crippen molar-refractivity contribution in [2.45, 2.75) is 71.7 Å². The Morgan fingerprint density at radius 1 is 1.17 bits per heavy atom. The van der Waals surface area contributed by atoms with Crippen molar-refractivity contribution in [1.29, 1.82) is 0 Å². The highest BCUT2D eigenvalue weighted by atomic mass is 32.1. The van der Waals surface area contributed by atoms with Gasteiger partial charge in [0.25, 0.3) is 5.19 Å². The molecule has 0 bridgehead atoms. The van der Waals surface area contributed by atoms with Gasteiger partial charge in [-0.1, -0.05) is 32.1 Å². The molecule has 8 heteroatoms. The van der Waals surface area contributed by atoms with Crippen LogP contribution in [0.15, 0.2) is 17.5 Å². The van der Waals surface area contributed by atoms with Gasteiger partial charge in [0.2, 0.25) is 0 Å². The van der Waals surface area contributed by atoms with Gasteiger partial charge in [-0.2, -0.15) is 5.10 Å². The number of thiazole rings is 1. The van der Waals surface area contributed by atoms with E-state index in [1.807, 2.05) is 13.0 Å². The normalized spacial score (nSPS) is 16.1. The zero-order chi connectivity index (χ0) is 21.8. The van der Waals surface area contributed by atoms with E-state index < -0.39 is 8.32 Å². The molecule has 0 aromatic carbocycles. The standard InChI is InChI=1S/C22H36N4O2SSi/c1-17-7-8-20(25-24-17)26-12-9-18(10-13-26)11-14-27-21-23-19(16-29-21)15-28-30(5,6)22(2,3)4/h7-8,16,18H,9-15H2,1-6H3. The molecule has 0 spiro atoms. The molecule has 30 heavy (non-hydrogen) atoms. The second-order valence-corrected chi connectivity index (χ2v) is 15.4. The molecule has 0 saturated carbocycles. The molecule has 2 aromatic rings. The SMILES string of the molecule is Cc1ccc(N2CCC(CCOc3nc(CO[Si](C)(C)C(C)(C)C)cs3)CC2)nn1. The van der Waals surface area contributed by atoms with Gasteiger partial charge in [0.05, 0.1) is 24.6 Å². The van der Waals surface area contributed by atoms with Gasteiger partial charge in [0, 0.05) is 18.5 Å². The predicted octanol–water partition coefficient (Wildman–Crippen LogP) is 5.45. The summed E-state index contributed by atoms with van der Waals surface area (Å²) in [5, 5.41) is 11.5. The van der Waals surface area contributed by atoms with Crippen LogP contribution < -0.4 is 9.64 Å². The van der Waals surface area contributed by atoms with E-state index in [2.05, 4.69) is 65.4 Å². The molecule has 0 atom stereocenters. The Kier molecular flexibility index (Phi) is 7.52. The predicted molar refractivity (Wildman–Crippen MR) is 126 cm³/mol. The molecule has 3 rings (SSSR count). The quantitative estimate of drug-likeness (QED) is 0.501. The van der Waals surface area contributed by atoms with Crippen LogP contribution in [-0.4, -0.2) is 43.2 Å². The highest BCUT2D eigenvalue weighted by Gasteiger charge is 2.37. The molecule has 1 fully saturated rings. The molecule has 0 N–H and O–H groups in total. The Hall–Kier alpha value is -1.51. The van der Waals surface area contributed by atoms with Crippen LogP contribution in [0.1, 0.15) is 51.4 Å². The third kappa shape index (κ3) is 6.25. The average Bonchev–Trinajstić information content (AvgIpc) is 3.15. The summed E-state index contributed by atoms with van der Waals surface area (Å²) in [6.07, 6.45) is 3.41. The maximum atomic E-state index is 6.26. The van der Waals surface area contributed by atoms with Crippen molar-refractivity contribution in [2.75, 3.05) is 24.6 Å². The monoisotopic (exact) mass is 448 g/mol. The lowest BCUT2D eigenvalue weighted by Crippen LogP contribution is -2.40. The first-order valence-corrected chi connectivity index (χ1v) is 14.7. The third-order valence-electron chi connectivity index (χ3n) is 6.39. The van der Waals surface area contributed by atoms with Crippen molar-refractivity contribution < 1.29 is 9.16 Å². The highest BCUT2D eigenvalue weighted by molar-refractivity contribution is 7.11. The molecule has 0 radical (unpaired) electrons. The molecule has 6 nitrogen and oxygen atoms in total. The molecule has 0 aliphatic carbocycles. The minimum atomic E-state index is -1.75. The number of ether oxygens (including phenoxy) is 1. The summed E-state index contributed by atoms with van der Waals surface area (Å²) in [5.74, 6) is 1.69. The zero-order valence-corrected chi connectivity index (χ0v) is 21.1. The number of piperidine rings is 1. The van der Waals surface area contributed by atoms with Crippen molar-refractivity contribution in [1.82, 2.24) is 15.2 Å². The lowest BCUT2D eigenvalue weighted by Gasteiger charge is -2.35. The molecule has 1 aliphatic heterocycles. The van der Waals surface area contributed by atoms with Gasteiger partial charge in [-0.25, -0.2) is 4.98 Å². The van der Waals surface area contributed by atoms with Gasteiger partial charge in [-0.15, -0.1) is 5.10 Å². The first-order valence-electron chi connectivity index (χ1n) is 10.9. The second kappa shape index (κ2) is 9.74. The van der Waals surface area contributed by atoms with E-state index in [1.165, 1.54) is 12.8 Å². The van der Waals surface area contributed by atoms with Crippen molar-refractivity contribution in [3.05, 3.63) is 28.9 Å². The van der Waals surface area contributed by atoms with Crippen LogP contribution >= 0.6 is 11.3 Å². The van der Waals surface area contributed by atoms with Crippen LogP contribution in [0.3, 0.4) is 0 Å². The lowest BCUT2D eigenvalue weighted by atomic mass is 9.94. The zero-order valence-electron chi connectivity index (χ0n) is 19.3. The summed E-state index contributed by atoms with van der Waals surface area (Å²) in [6.45, 7) is 16.7. The number of rotatable bonds is 8. The van der Waals surface area contributed by atoms with Crippen LogP contribution in [0.5, 0.6) is 5.19 Å². The Balaban J connectivity index is 1.37. The van der Waals surface area contributed by atoms with Crippen LogP contribution in [0.25, 0.3) is 0 Å². The molecule has 1 saturated heterocycles. The van der Waals surface area contributed by atoms with Crippen molar-refractivity contribution in [3.63, 3.8) is 0 Å². The largest absolute Gasteiger partial charge is 0.470 e. The van der Waals surface area contributed by atoms with E-state index in [0.717, 1.165) is 48.5 Å². The Bertz CT molecular complexity index is 796. The lowest BCUT2D eigenvalue weighted by molar-refractivity contribution is 0.252. The van der Waals surface area contributed by atoms with Gasteiger partial charge in [-0.05, 0) is 62.4 Å². The molecule has 3 heterocycles. The van der Waals surface area contributed by atoms with E-state index in [0.29, 0.717) is 12.5 Å². The van der Waals surface area contributed by atoms with Gasteiger partial charge in [0.1, 0.15) is 0 Å². The fourth-order valence-corrected chi connectivity index (χ4v) is 4.84. The first kappa shape index (κ1) is 23.2. The van der Waals surface area contributed by atoms with Crippen molar-refractivity contribution in [3.8, 4) is 5.19 Å². The van der Waals surface area contributed by atoms with Gasteiger partial charge in [-0.3, -0.25) is 0 Å². The van der Waals surface area contributed by atoms with E-state index in [1.54, 1.807) is 11.3 Å². The second-order valence-electron chi connectivity index (χ2n) is 9.75. The molecule has 1 aliphatic rings. The number of nitrogens with zero attached hydrogens (tertiary/aromatic N) is 4. The van der Waals surface area contributed by atoms with Crippen molar-refractivity contribution in [2.24, 2.45) is 5.92 Å². The summed E-state index contributed by atoms with van der Waals surface area (Å²) >= 11 is 1.57. The molecular formula is C22H36N4O2SSi. The molecular weight excluding hydrogens is 412 g/mol. The molecule has 166 valence electrons. The third-order valence-corrected chi connectivity index (χ3v) is 11.7. The fourth-order valence-electron chi connectivity index (χ4n) is 3.22. The van der Waals surface area contributed by atoms with Gasteiger partial charge < -0.3 is 14.1 Å². The average molecular weight is 449 g/mol. The Morgan fingerprint density at radius 2 is 1.90 bits per heavy atom. The number of hydrogen-bond acceptors (Lipinski definition) is 7. The summed E-state index contributed by atoms with van der Waals surface area (Å²) in [5.41, 5.74) is 1.94. The molecule has 0 amide bonds. The Labute approximate surface area is 186 Å². The highest BCUT2D eigenvalue weighted by Crippen LogP contribution is 2.37. The van der Waals surface area contributed by atoms with E-state index in [4.69, 9.17) is 9.16 Å². The Morgan fingerprint density at radius 3 is 2.53 bits per heavy atom. The summed E-state index contributed by atoms with van der Waals surface area (Å²) in [7, 11) is -1.75. The van der Waals surface area contributed by atoms with Crippen LogP contribution in [0.4, 0.5) is 5.82 Å². The molecule has 2 aromatic heterocycles. The van der Waals surface area contributed by atoms with Crippen LogP contribution in [0, 0.1) is 12.8 Å². The maximum Gasteiger partial charge on any atom is 0.273 e. The van der Waals surface area contributed by atoms with E-state index in [-0.39, 0.29) is 5.04 Å². The smallest absolute Gasteiger partial charge is 0.273 e. The summed E-state index contributed by atoms with van der Waals surface area (Å²) in [6, 6.07) is 4.10. The van der Waals surface area contributed by atoms with Gasteiger partial charge >= 0.3 is 0 Å². The minimum Gasteiger partial charge on any atom is -0.470 e. The summed E-state index contributed by atoms with van der Waals surface area (Å²) in [4.78, 5) is 6.94. The minimum absolute atomic E-state index is 0.212. The van der Waals surface area contributed by atoms with Crippen molar-refractivity contribution >= 4 is 25.5 Å². The van der Waals surface area contributed by atoms with E-state index >= 15 is 0 Å². The van der Waals surface area contributed by atoms with Crippen LogP contribution in [0.2, 0.25) is 18.1 Å². The topological polar surface area (TPSA) is 60.4 Å². The molecule has 0 unspecified atom stereocenters. The van der Waals surface area contributed by atoms with E-state index in [9.17, 15) is 0 Å². The van der Waals surface area contributed by atoms with Crippen LogP contribution in [-0.2, 0) is 11.0 Å². The number of aromatic nitrogens is 3. The number of aryl methyl sites for hydroxylation is 1. The maximum absolute atomic E-state index is 6.26. The summed E-state index contributed by atoms with van der Waals surface area (Å²) < 4.78 is 12.2. The fraction of sp³-hybridized carbons (Fsp3) is 0.682. The number of anilines is 1. The number of hydrogen-bond donors (Lipinski definition) is 0.